The summed E-state index contributed by atoms with van der Waals surface area (Å²) in [6.45, 7) is 0.656. The predicted molar refractivity (Wildman–Crippen MR) is 59.5 cm³/mol. The first-order valence-electron chi connectivity index (χ1n) is 4.56. The fourth-order valence-corrected chi connectivity index (χ4v) is 1.58. The number of phenols is 2. The Morgan fingerprint density at radius 3 is 2.50 bits per heavy atom. The minimum absolute atomic E-state index is 0.0311. The number of phenolic OH excluding ortho intramolecular Hbond substituents is 2. The molecule has 0 bridgehead atoms. The number of aromatic hydroxyl groups is 2. The average molecular weight is 260 g/mol. The molecule has 0 aromatic heterocycles. The largest absolute Gasteiger partial charge is 0.504 e. The maximum absolute atomic E-state index is 9.57. The highest BCUT2D eigenvalue weighted by molar-refractivity contribution is 9.10. The van der Waals surface area contributed by atoms with Crippen molar-refractivity contribution in [2.75, 3.05) is 6.54 Å². The summed E-state index contributed by atoms with van der Waals surface area (Å²) >= 11 is 3.13. The molecule has 0 saturated heterocycles. The zero-order chi connectivity index (χ0) is 10.6. The molecule has 4 heteroatoms. The second kappa shape index (κ2) is 5.22. The average Bonchev–Trinajstić information content (AvgIpc) is 2.18. The van der Waals surface area contributed by atoms with Crippen LogP contribution in [-0.4, -0.2) is 16.8 Å². The van der Waals surface area contributed by atoms with E-state index in [2.05, 4.69) is 15.9 Å². The van der Waals surface area contributed by atoms with E-state index in [0.29, 0.717) is 11.0 Å². The van der Waals surface area contributed by atoms with Gasteiger partial charge >= 0.3 is 0 Å². The molecule has 1 aromatic rings. The lowest BCUT2D eigenvalue weighted by molar-refractivity contribution is 0.396. The highest BCUT2D eigenvalue weighted by Crippen LogP contribution is 2.36. The van der Waals surface area contributed by atoms with Crippen LogP contribution >= 0.6 is 15.9 Å². The van der Waals surface area contributed by atoms with Crippen LogP contribution in [0.3, 0.4) is 0 Å². The number of hydrogen-bond donors (Lipinski definition) is 3. The Balaban J connectivity index is 2.73. The Labute approximate surface area is 91.7 Å². The molecule has 0 unspecified atom stereocenters. The summed E-state index contributed by atoms with van der Waals surface area (Å²) in [6.07, 6.45) is 2.59. The lowest BCUT2D eigenvalue weighted by Crippen LogP contribution is -1.99. The molecule has 1 aromatic carbocycles. The van der Waals surface area contributed by atoms with Crippen molar-refractivity contribution in [1.82, 2.24) is 0 Å². The topological polar surface area (TPSA) is 66.5 Å². The van der Waals surface area contributed by atoms with E-state index >= 15 is 0 Å². The van der Waals surface area contributed by atoms with Crippen LogP contribution in [0.4, 0.5) is 0 Å². The van der Waals surface area contributed by atoms with Gasteiger partial charge in [-0.3, -0.25) is 0 Å². The van der Waals surface area contributed by atoms with E-state index in [9.17, 15) is 10.2 Å². The summed E-state index contributed by atoms with van der Waals surface area (Å²) in [7, 11) is 0. The van der Waals surface area contributed by atoms with Gasteiger partial charge in [-0.2, -0.15) is 0 Å². The van der Waals surface area contributed by atoms with Gasteiger partial charge in [-0.25, -0.2) is 0 Å². The Kier molecular flexibility index (Phi) is 4.22. The Bertz CT molecular complexity index is 315. The Morgan fingerprint density at radius 2 is 1.86 bits per heavy atom. The summed E-state index contributed by atoms with van der Waals surface area (Å²) in [5, 5.41) is 19.0. The van der Waals surface area contributed by atoms with E-state index in [4.69, 9.17) is 5.73 Å². The molecule has 0 radical (unpaired) electrons. The molecule has 0 heterocycles. The fourth-order valence-electron chi connectivity index (χ4n) is 1.26. The fraction of sp³-hybridized carbons (Fsp3) is 0.400. The van der Waals surface area contributed by atoms with Gasteiger partial charge in [0.25, 0.3) is 0 Å². The maximum atomic E-state index is 9.57. The third kappa shape index (κ3) is 2.62. The van der Waals surface area contributed by atoms with Gasteiger partial charge in [0.1, 0.15) is 0 Å². The second-order valence-electron chi connectivity index (χ2n) is 3.15. The molecule has 78 valence electrons. The normalized spacial score (nSPS) is 10.4. The van der Waals surface area contributed by atoms with E-state index in [0.717, 1.165) is 24.8 Å². The van der Waals surface area contributed by atoms with Crippen LogP contribution in [0.15, 0.2) is 16.6 Å². The summed E-state index contributed by atoms with van der Waals surface area (Å²) in [6, 6.07) is 3.53. The van der Waals surface area contributed by atoms with Gasteiger partial charge in [0.2, 0.25) is 0 Å². The van der Waals surface area contributed by atoms with Gasteiger partial charge in [0.05, 0.1) is 4.47 Å². The number of hydrogen-bond acceptors (Lipinski definition) is 3. The van der Waals surface area contributed by atoms with E-state index in [1.54, 1.807) is 12.1 Å². The van der Waals surface area contributed by atoms with Crippen molar-refractivity contribution < 1.29 is 10.2 Å². The smallest absolute Gasteiger partial charge is 0.172 e. The van der Waals surface area contributed by atoms with Gasteiger partial charge in [-0.15, -0.1) is 0 Å². The SMILES string of the molecule is NCCCCc1ccc(Br)c(O)c1O. The number of nitrogens with two attached hydrogens (primary N) is 1. The number of halogens is 1. The first-order valence-corrected chi connectivity index (χ1v) is 5.35. The van der Waals surface area contributed by atoms with Crippen LogP contribution in [0.2, 0.25) is 0 Å². The lowest BCUT2D eigenvalue weighted by atomic mass is 10.1. The van der Waals surface area contributed by atoms with Crippen molar-refractivity contribution in [3.05, 3.63) is 22.2 Å². The quantitative estimate of drug-likeness (QED) is 0.574. The van der Waals surface area contributed by atoms with Gasteiger partial charge < -0.3 is 15.9 Å². The minimum Gasteiger partial charge on any atom is -0.504 e. The summed E-state index contributed by atoms with van der Waals surface area (Å²) in [4.78, 5) is 0. The highest BCUT2D eigenvalue weighted by atomic mass is 79.9. The molecule has 0 aliphatic rings. The van der Waals surface area contributed by atoms with Crippen LogP contribution in [0.5, 0.6) is 11.5 Å². The van der Waals surface area contributed by atoms with Crippen LogP contribution in [0, 0.1) is 0 Å². The third-order valence-electron chi connectivity index (χ3n) is 2.09. The molecule has 14 heavy (non-hydrogen) atoms. The van der Waals surface area contributed by atoms with Crippen LogP contribution in [-0.2, 0) is 6.42 Å². The predicted octanol–water partition coefficient (Wildman–Crippen LogP) is 2.14. The molecule has 4 N–H and O–H groups in total. The molecule has 0 aliphatic carbocycles. The van der Waals surface area contributed by atoms with Crippen molar-refractivity contribution in [3.8, 4) is 11.5 Å². The Hall–Kier alpha value is -0.740. The molecule has 0 amide bonds. The first kappa shape index (κ1) is 11.3. The van der Waals surface area contributed by atoms with Gasteiger partial charge in [0, 0.05) is 0 Å². The van der Waals surface area contributed by atoms with Gasteiger partial charge in [0.15, 0.2) is 11.5 Å². The molecule has 0 atom stereocenters. The molecular weight excluding hydrogens is 246 g/mol. The second-order valence-corrected chi connectivity index (χ2v) is 4.00. The highest BCUT2D eigenvalue weighted by Gasteiger charge is 2.08. The van der Waals surface area contributed by atoms with Gasteiger partial charge in [-0.05, 0) is 53.4 Å². The zero-order valence-electron chi connectivity index (χ0n) is 7.83. The van der Waals surface area contributed by atoms with Crippen LogP contribution < -0.4 is 5.73 Å². The minimum atomic E-state index is -0.0877. The molecule has 0 saturated carbocycles. The van der Waals surface area contributed by atoms with E-state index in [1.165, 1.54) is 0 Å². The molecule has 0 fully saturated rings. The summed E-state index contributed by atoms with van der Waals surface area (Å²) < 4.78 is 0.512. The van der Waals surface area contributed by atoms with Crippen LogP contribution in [0.25, 0.3) is 0 Å². The van der Waals surface area contributed by atoms with Crippen molar-refractivity contribution >= 4 is 15.9 Å². The summed E-state index contributed by atoms with van der Waals surface area (Å²) in [5.74, 6) is -0.119. The van der Waals surface area contributed by atoms with Crippen molar-refractivity contribution in [1.29, 1.82) is 0 Å². The van der Waals surface area contributed by atoms with E-state index in [-0.39, 0.29) is 11.5 Å². The zero-order valence-corrected chi connectivity index (χ0v) is 9.42. The van der Waals surface area contributed by atoms with Gasteiger partial charge in [-0.1, -0.05) is 6.07 Å². The molecule has 0 aliphatic heterocycles. The standard InChI is InChI=1S/C10H14BrNO2/c11-8-5-4-7(3-1-2-6-12)9(13)10(8)14/h4-5,13-14H,1-3,6,12H2. The number of rotatable bonds is 4. The third-order valence-corrected chi connectivity index (χ3v) is 2.73. The molecule has 1 rings (SSSR count). The van der Waals surface area contributed by atoms with Crippen molar-refractivity contribution in [3.63, 3.8) is 0 Å². The molecule has 3 nitrogen and oxygen atoms in total. The molecule has 0 spiro atoms. The van der Waals surface area contributed by atoms with Crippen molar-refractivity contribution in [2.24, 2.45) is 5.73 Å². The van der Waals surface area contributed by atoms with Crippen LogP contribution in [0.1, 0.15) is 18.4 Å². The summed E-state index contributed by atoms with van der Waals surface area (Å²) in [5.41, 5.74) is 6.13. The first-order chi connectivity index (χ1) is 6.66. The van der Waals surface area contributed by atoms with E-state index < -0.39 is 0 Å². The van der Waals surface area contributed by atoms with E-state index in [1.807, 2.05) is 0 Å². The monoisotopic (exact) mass is 259 g/mol. The Morgan fingerprint density at radius 1 is 1.14 bits per heavy atom. The number of benzene rings is 1. The lowest BCUT2D eigenvalue weighted by Gasteiger charge is -2.06. The number of aryl methyl sites for hydroxylation is 1. The number of unbranched alkanes of at least 4 members (excludes halogenated alkanes) is 1. The van der Waals surface area contributed by atoms with Crippen molar-refractivity contribution in [2.45, 2.75) is 19.3 Å². The maximum Gasteiger partial charge on any atom is 0.172 e. The molecular formula is C10H14BrNO2.